The predicted molar refractivity (Wildman–Crippen MR) is 72.1 cm³/mol. The maximum Gasteiger partial charge on any atom is 0.320 e. The second kappa shape index (κ2) is 5.66. The van der Waals surface area contributed by atoms with Gasteiger partial charge in [-0.05, 0) is 28.1 Å². The van der Waals surface area contributed by atoms with Crippen molar-refractivity contribution >= 4 is 33.1 Å². The number of nitro groups is 2. The molecule has 21 heavy (non-hydrogen) atoms. The van der Waals surface area contributed by atoms with Crippen LogP contribution in [0.15, 0.2) is 40.1 Å². The SMILES string of the molecule is O=[N+]([O-])c1cnc(/N=c2/ccc(Br)cn2O)c([N+](=O)[O-])c1. The summed E-state index contributed by atoms with van der Waals surface area (Å²) in [7, 11) is 0. The van der Waals surface area contributed by atoms with Crippen molar-refractivity contribution in [2.45, 2.75) is 0 Å². The summed E-state index contributed by atoms with van der Waals surface area (Å²) >= 11 is 3.12. The topological polar surface area (TPSA) is 137 Å². The van der Waals surface area contributed by atoms with E-state index in [-0.39, 0.29) is 11.3 Å². The first-order valence-corrected chi connectivity index (χ1v) is 6.09. The van der Waals surface area contributed by atoms with Gasteiger partial charge in [0.1, 0.15) is 6.20 Å². The van der Waals surface area contributed by atoms with Crippen LogP contribution < -0.4 is 5.49 Å². The predicted octanol–water partition coefficient (Wildman–Crippen LogP) is 1.93. The first-order valence-electron chi connectivity index (χ1n) is 5.29. The third-order valence-electron chi connectivity index (χ3n) is 2.33. The molecule has 0 spiro atoms. The van der Waals surface area contributed by atoms with Crippen LogP contribution in [-0.4, -0.2) is 24.8 Å². The largest absolute Gasteiger partial charge is 0.427 e. The van der Waals surface area contributed by atoms with Gasteiger partial charge in [-0.15, -0.1) is 0 Å². The lowest BCUT2D eigenvalue weighted by atomic mass is 10.3. The minimum absolute atomic E-state index is 0.0253. The van der Waals surface area contributed by atoms with Crippen molar-refractivity contribution in [1.82, 2.24) is 9.71 Å². The van der Waals surface area contributed by atoms with Gasteiger partial charge in [-0.1, -0.05) is 0 Å². The van der Waals surface area contributed by atoms with E-state index in [4.69, 9.17) is 0 Å². The van der Waals surface area contributed by atoms with Crippen molar-refractivity contribution in [3.8, 4) is 0 Å². The van der Waals surface area contributed by atoms with Gasteiger partial charge in [-0.2, -0.15) is 4.73 Å². The Hall–Kier alpha value is -2.82. The van der Waals surface area contributed by atoms with E-state index in [9.17, 15) is 25.4 Å². The number of halogens is 1. The number of nitrogens with zero attached hydrogens (tertiary/aromatic N) is 5. The summed E-state index contributed by atoms with van der Waals surface area (Å²) in [6.45, 7) is 0. The fraction of sp³-hybridized carbons (Fsp3) is 0. The van der Waals surface area contributed by atoms with Crippen LogP contribution in [0.1, 0.15) is 0 Å². The van der Waals surface area contributed by atoms with Crippen LogP contribution in [0.5, 0.6) is 0 Å². The molecule has 0 aliphatic rings. The monoisotopic (exact) mass is 355 g/mol. The number of pyridine rings is 2. The van der Waals surface area contributed by atoms with Crippen molar-refractivity contribution in [2.24, 2.45) is 4.99 Å². The van der Waals surface area contributed by atoms with E-state index in [0.717, 1.165) is 12.3 Å². The molecule has 0 aliphatic heterocycles. The fourth-order valence-corrected chi connectivity index (χ4v) is 1.74. The molecule has 0 saturated carbocycles. The lowest BCUT2D eigenvalue weighted by molar-refractivity contribution is -0.394. The smallest absolute Gasteiger partial charge is 0.320 e. The Bertz CT molecular complexity index is 803. The first kappa shape index (κ1) is 14.6. The summed E-state index contributed by atoms with van der Waals surface area (Å²) in [4.78, 5) is 27.3. The van der Waals surface area contributed by atoms with E-state index in [1.54, 1.807) is 6.07 Å². The molecule has 2 aromatic heterocycles. The van der Waals surface area contributed by atoms with E-state index < -0.39 is 21.2 Å². The molecule has 2 aromatic rings. The van der Waals surface area contributed by atoms with Crippen molar-refractivity contribution in [2.75, 3.05) is 0 Å². The molecule has 0 unspecified atom stereocenters. The molecular weight excluding hydrogens is 350 g/mol. The Morgan fingerprint density at radius 1 is 1.29 bits per heavy atom. The second-order valence-corrected chi connectivity index (χ2v) is 4.63. The first-order chi connectivity index (χ1) is 9.88. The van der Waals surface area contributed by atoms with Crippen molar-refractivity contribution < 1.29 is 15.1 Å². The van der Waals surface area contributed by atoms with Crippen LogP contribution in [0.25, 0.3) is 0 Å². The third-order valence-corrected chi connectivity index (χ3v) is 2.80. The highest BCUT2D eigenvalue weighted by atomic mass is 79.9. The summed E-state index contributed by atoms with van der Waals surface area (Å²) in [5.41, 5.74) is -1.18. The number of rotatable bonds is 3. The molecule has 2 rings (SSSR count). The number of hydrogen-bond acceptors (Lipinski definition) is 7. The van der Waals surface area contributed by atoms with Gasteiger partial charge in [0.25, 0.3) is 5.69 Å². The Morgan fingerprint density at radius 2 is 2.00 bits per heavy atom. The van der Waals surface area contributed by atoms with E-state index in [2.05, 4.69) is 25.9 Å². The highest BCUT2D eigenvalue weighted by Gasteiger charge is 2.20. The van der Waals surface area contributed by atoms with Crippen LogP contribution in [0.2, 0.25) is 0 Å². The highest BCUT2D eigenvalue weighted by Crippen LogP contribution is 2.27. The summed E-state index contributed by atoms with van der Waals surface area (Å²) in [5, 5.41) is 31.1. The summed E-state index contributed by atoms with van der Waals surface area (Å²) in [6, 6.07) is 3.70. The molecule has 1 N–H and O–H groups in total. The van der Waals surface area contributed by atoms with Gasteiger partial charge in [0.15, 0.2) is 5.49 Å². The molecule has 10 nitrogen and oxygen atoms in total. The van der Waals surface area contributed by atoms with Gasteiger partial charge in [0, 0.05) is 4.47 Å². The molecule has 108 valence electrons. The van der Waals surface area contributed by atoms with Crippen LogP contribution in [0.4, 0.5) is 17.2 Å². The van der Waals surface area contributed by atoms with Crippen molar-refractivity contribution in [3.05, 3.63) is 60.8 Å². The second-order valence-electron chi connectivity index (χ2n) is 3.71. The molecular formula is C10H6BrN5O5. The van der Waals surface area contributed by atoms with E-state index in [1.165, 1.54) is 12.3 Å². The van der Waals surface area contributed by atoms with Gasteiger partial charge in [0.05, 0.1) is 22.1 Å². The van der Waals surface area contributed by atoms with E-state index in [0.29, 0.717) is 9.20 Å². The third kappa shape index (κ3) is 3.20. The lowest BCUT2D eigenvalue weighted by Gasteiger charge is -2.00. The van der Waals surface area contributed by atoms with E-state index >= 15 is 0 Å². The standard InChI is InChI=1S/C10H6BrN5O5/c11-6-1-2-9(14(17)5-6)13-10-8(16(20)21)3-7(4-12-10)15(18)19/h1-5,17H/b13-9-. The summed E-state index contributed by atoms with van der Waals surface area (Å²) in [5.74, 6) is -0.351. The van der Waals surface area contributed by atoms with Gasteiger partial charge in [-0.25, -0.2) is 9.98 Å². The zero-order valence-electron chi connectivity index (χ0n) is 10.1. The molecule has 0 aliphatic carbocycles. The maximum absolute atomic E-state index is 10.9. The molecule has 0 bridgehead atoms. The fourth-order valence-electron chi connectivity index (χ4n) is 1.41. The van der Waals surface area contributed by atoms with Gasteiger partial charge < -0.3 is 5.21 Å². The lowest BCUT2D eigenvalue weighted by Crippen LogP contribution is -2.17. The molecule has 0 fully saturated rings. The average Bonchev–Trinajstić information content (AvgIpc) is 2.41. The molecule has 0 radical (unpaired) electrons. The molecule has 0 saturated heterocycles. The Labute approximate surface area is 124 Å². The van der Waals surface area contributed by atoms with Crippen LogP contribution in [0.3, 0.4) is 0 Å². The number of aromatic nitrogens is 2. The summed E-state index contributed by atoms with van der Waals surface area (Å²) < 4.78 is 1.20. The zero-order chi connectivity index (χ0) is 15.6. The van der Waals surface area contributed by atoms with Gasteiger partial charge >= 0.3 is 5.69 Å². The highest BCUT2D eigenvalue weighted by molar-refractivity contribution is 9.10. The van der Waals surface area contributed by atoms with Crippen molar-refractivity contribution in [3.63, 3.8) is 0 Å². The van der Waals surface area contributed by atoms with Gasteiger partial charge in [-0.3, -0.25) is 20.2 Å². The Morgan fingerprint density at radius 3 is 2.57 bits per heavy atom. The van der Waals surface area contributed by atoms with E-state index in [1.807, 2.05) is 0 Å². The van der Waals surface area contributed by atoms with Crippen molar-refractivity contribution in [1.29, 1.82) is 0 Å². The van der Waals surface area contributed by atoms with Gasteiger partial charge in [0.2, 0.25) is 5.82 Å². The number of hydrogen-bond donors (Lipinski definition) is 1. The van der Waals surface area contributed by atoms with Crippen LogP contribution in [0, 0.1) is 20.2 Å². The Balaban J connectivity index is 2.63. The summed E-state index contributed by atoms with van der Waals surface area (Å²) in [6.07, 6.45) is 2.13. The minimum atomic E-state index is -0.834. The normalized spacial score (nSPS) is 11.4. The van der Waals surface area contributed by atoms with Crippen LogP contribution in [-0.2, 0) is 0 Å². The molecule has 0 aromatic carbocycles. The Kier molecular flexibility index (Phi) is 3.93. The zero-order valence-corrected chi connectivity index (χ0v) is 11.7. The van der Waals surface area contributed by atoms with Crippen LogP contribution >= 0.6 is 15.9 Å². The molecule has 0 atom stereocenters. The quantitative estimate of drug-likeness (QED) is 0.507. The molecule has 2 heterocycles. The molecule has 11 heteroatoms. The average molecular weight is 356 g/mol. The maximum atomic E-state index is 10.9. The molecule has 0 amide bonds. The minimum Gasteiger partial charge on any atom is -0.427 e.